The number of carbonyl (C=O) groups excluding carboxylic acids is 1. The molecule has 6 heteroatoms. The quantitative estimate of drug-likeness (QED) is 0.705. The van der Waals surface area contributed by atoms with Gasteiger partial charge >= 0.3 is 0 Å². The molecule has 0 saturated carbocycles. The van der Waals surface area contributed by atoms with Crippen LogP contribution in [0.1, 0.15) is 12.0 Å². The van der Waals surface area contributed by atoms with Crippen LogP contribution in [0.15, 0.2) is 65.7 Å². The van der Waals surface area contributed by atoms with Gasteiger partial charge in [-0.15, -0.1) is 0 Å². The summed E-state index contributed by atoms with van der Waals surface area (Å²) in [5.41, 5.74) is 3.86. The Morgan fingerprint density at radius 3 is 2.67 bits per heavy atom. The van der Waals surface area contributed by atoms with Crippen LogP contribution in [0.5, 0.6) is 0 Å². The smallest absolute Gasteiger partial charge is 0.280 e. The highest BCUT2D eigenvalue weighted by molar-refractivity contribution is 5.84. The first kappa shape index (κ1) is 15.9. The van der Waals surface area contributed by atoms with E-state index in [0.29, 0.717) is 17.5 Å². The number of fused-ring (bicyclic) bond motifs is 1. The molecule has 6 nitrogen and oxygen atoms in total. The number of carbonyl (C=O) groups is 1. The van der Waals surface area contributed by atoms with Gasteiger partial charge in [0.15, 0.2) is 0 Å². The molecule has 0 bridgehead atoms. The Morgan fingerprint density at radius 2 is 1.83 bits per heavy atom. The summed E-state index contributed by atoms with van der Waals surface area (Å²) in [5, 5.41) is 0.459. The zero-order chi connectivity index (χ0) is 16.8. The number of hydrogen-bond acceptors (Lipinski definition) is 4. The first-order chi connectivity index (χ1) is 11.7. The van der Waals surface area contributed by atoms with Gasteiger partial charge in [0.05, 0.1) is 30.5 Å². The van der Waals surface area contributed by atoms with E-state index < -0.39 is 0 Å². The van der Waals surface area contributed by atoms with E-state index in [2.05, 4.69) is 10.4 Å². The van der Waals surface area contributed by atoms with Crippen LogP contribution in [0, 0.1) is 0 Å². The van der Waals surface area contributed by atoms with E-state index in [1.54, 1.807) is 18.2 Å². The normalized spacial score (nSPS) is 10.7. The lowest BCUT2D eigenvalue weighted by atomic mass is 10.2. The van der Waals surface area contributed by atoms with Crippen molar-refractivity contribution in [3.05, 3.63) is 76.8 Å². The van der Waals surface area contributed by atoms with Crippen molar-refractivity contribution >= 4 is 16.8 Å². The predicted molar refractivity (Wildman–Crippen MR) is 91.1 cm³/mol. The van der Waals surface area contributed by atoms with Crippen molar-refractivity contribution in [2.24, 2.45) is 0 Å². The van der Waals surface area contributed by atoms with Crippen LogP contribution in [0.4, 0.5) is 0 Å². The number of para-hydroxylation sites is 1. The van der Waals surface area contributed by atoms with Crippen molar-refractivity contribution in [3.8, 4) is 0 Å². The summed E-state index contributed by atoms with van der Waals surface area (Å²) in [6, 6.07) is 16.7. The van der Waals surface area contributed by atoms with E-state index in [0.717, 1.165) is 10.2 Å². The van der Waals surface area contributed by atoms with E-state index >= 15 is 0 Å². The van der Waals surface area contributed by atoms with Crippen LogP contribution in [-0.2, 0) is 16.1 Å². The standard InChI is InChI=1S/C18H17N3O3/c22-17(10-11-24-12-14-6-2-1-3-7-14)20-21-13-19-16-9-5-4-8-15(16)18(21)23/h1-9,13H,10-12H2,(H,20,22). The molecule has 1 N–H and O–H groups in total. The summed E-state index contributed by atoms with van der Waals surface area (Å²) < 4.78 is 6.56. The van der Waals surface area contributed by atoms with Crippen LogP contribution in [0.2, 0.25) is 0 Å². The zero-order valence-electron chi connectivity index (χ0n) is 13.0. The molecule has 0 unspecified atom stereocenters. The molecule has 122 valence electrons. The summed E-state index contributed by atoms with van der Waals surface area (Å²) in [5.74, 6) is -0.303. The van der Waals surface area contributed by atoms with Crippen LogP contribution >= 0.6 is 0 Å². The number of amides is 1. The molecule has 1 heterocycles. The Labute approximate surface area is 138 Å². The van der Waals surface area contributed by atoms with Gasteiger partial charge in [-0.05, 0) is 17.7 Å². The SMILES string of the molecule is O=C(CCOCc1ccccc1)Nn1cnc2ccccc2c1=O. The molecule has 24 heavy (non-hydrogen) atoms. The second-order valence-electron chi connectivity index (χ2n) is 5.26. The fourth-order valence-electron chi connectivity index (χ4n) is 2.27. The Kier molecular flexibility index (Phi) is 4.98. The van der Waals surface area contributed by atoms with Crippen molar-refractivity contribution in [2.45, 2.75) is 13.0 Å². The third-order valence-corrected chi connectivity index (χ3v) is 3.50. The average Bonchev–Trinajstić information content (AvgIpc) is 2.62. The van der Waals surface area contributed by atoms with E-state index in [1.807, 2.05) is 36.4 Å². The van der Waals surface area contributed by atoms with E-state index in [1.165, 1.54) is 6.33 Å². The molecule has 0 radical (unpaired) electrons. The molecule has 0 aliphatic carbocycles. The average molecular weight is 323 g/mol. The van der Waals surface area contributed by atoms with Gasteiger partial charge in [0.1, 0.15) is 6.33 Å². The van der Waals surface area contributed by atoms with Crippen LogP contribution < -0.4 is 11.0 Å². The largest absolute Gasteiger partial charge is 0.376 e. The van der Waals surface area contributed by atoms with Gasteiger partial charge in [0.25, 0.3) is 5.56 Å². The first-order valence-electron chi connectivity index (χ1n) is 7.62. The number of nitrogens with zero attached hydrogens (tertiary/aromatic N) is 2. The summed E-state index contributed by atoms with van der Waals surface area (Å²) in [4.78, 5) is 28.3. The maximum atomic E-state index is 12.3. The second kappa shape index (κ2) is 7.52. The van der Waals surface area contributed by atoms with Crippen LogP contribution in [0.3, 0.4) is 0 Å². The Balaban J connectivity index is 1.53. The maximum absolute atomic E-state index is 12.3. The highest BCUT2D eigenvalue weighted by Gasteiger charge is 2.07. The van der Waals surface area contributed by atoms with E-state index in [9.17, 15) is 9.59 Å². The minimum Gasteiger partial charge on any atom is -0.376 e. The van der Waals surface area contributed by atoms with Crippen molar-refractivity contribution in [1.29, 1.82) is 0 Å². The molecule has 3 rings (SSSR count). The van der Waals surface area contributed by atoms with Gasteiger partial charge in [-0.1, -0.05) is 42.5 Å². The fourth-order valence-corrected chi connectivity index (χ4v) is 2.27. The second-order valence-corrected chi connectivity index (χ2v) is 5.26. The molecule has 0 atom stereocenters. The fraction of sp³-hybridized carbons (Fsp3) is 0.167. The maximum Gasteiger partial charge on any atom is 0.280 e. The van der Waals surface area contributed by atoms with Crippen molar-refractivity contribution < 1.29 is 9.53 Å². The topological polar surface area (TPSA) is 73.2 Å². The zero-order valence-corrected chi connectivity index (χ0v) is 13.0. The van der Waals surface area contributed by atoms with Gasteiger partial charge in [-0.3, -0.25) is 15.0 Å². The molecule has 0 aliphatic heterocycles. The predicted octanol–water partition coefficient (Wildman–Crippen LogP) is 2.07. The summed E-state index contributed by atoms with van der Waals surface area (Å²) in [6.45, 7) is 0.724. The lowest BCUT2D eigenvalue weighted by Crippen LogP contribution is -2.33. The lowest BCUT2D eigenvalue weighted by Gasteiger charge is -2.09. The Morgan fingerprint density at radius 1 is 1.08 bits per heavy atom. The summed E-state index contributed by atoms with van der Waals surface area (Å²) in [7, 11) is 0. The molecule has 3 aromatic rings. The van der Waals surface area contributed by atoms with Gasteiger partial charge in [-0.2, -0.15) is 0 Å². The number of benzene rings is 2. The van der Waals surface area contributed by atoms with Gasteiger partial charge in [-0.25, -0.2) is 9.66 Å². The first-order valence-corrected chi connectivity index (χ1v) is 7.62. The van der Waals surface area contributed by atoms with Gasteiger partial charge in [0, 0.05) is 0 Å². The third kappa shape index (κ3) is 3.85. The monoisotopic (exact) mass is 323 g/mol. The molecule has 0 fully saturated rings. The highest BCUT2D eigenvalue weighted by atomic mass is 16.5. The number of aromatic nitrogens is 2. The number of nitrogens with one attached hydrogen (secondary N) is 1. The van der Waals surface area contributed by atoms with Crippen LogP contribution in [0.25, 0.3) is 10.9 Å². The van der Waals surface area contributed by atoms with E-state index in [-0.39, 0.29) is 24.5 Å². The van der Waals surface area contributed by atoms with Crippen LogP contribution in [-0.4, -0.2) is 22.2 Å². The number of rotatable bonds is 6. The molecule has 1 amide bonds. The van der Waals surface area contributed by atoms with Crippen molar-refractivity contribution in [2.75, 3.05) is 12.0 Å². The molecule has 0 saturated heterocycles. The molecule has 0 spiro atoms. The lowest BCUT2D eigenvalue weighted by molar-refractivity contribution is -0.118. The molecular formula is C18H17N3O3. The van der Waals surface area contributed by atoms with Crippen molar-refractivity contribution in [3.63, 3.8) is 0 Å². The molecule has 2 aromatic carbocycles. The number of hydrogen-bond donors (Lipinski definition) is 1. The third-order valence-electron chi connectivity index (χ3n) is 3.50. The van der Waals surface area contributed by atoms with Crippen molar-refractivity contribution in [1.82, 2.24) is 9.66 Å². The minimum absolute atomic E-state index is 0.159. The van der Waals surface area contributed by atoms with Gasteiger partial charge < -0.3 is 4.74 Å². The molecular weight excluding hydrogens is 306 g/mol. The molecule has 0 aliphatic rings. The summed E-state index contributed by atoms with van der Waals surface area (Å²) >= 11 is 0. The van der Waals surface area contributed by atoms with E-state index in [4.69, 9.17) is 4.74 Å². The Bertz CT molecular complexity index is 891. The Hall–Kier alpha value is -2.99. The minimum atomic E-state index is -0.306. The summed E-state index contributed by atoms with van der Waals surface area (Å²) in [6.07, 6.45) is 1.47. The highest BCUT2D eigenvalue weighted by Crippen LogP contribution is 2.04. The van der Waals surface area contributed by atoms with Gasteiger partial charge in [0.2, 0.25) is 5.91 Å². The molecule has 1 aromatic heterocycles. The number of ether oxygens (including phenoxy) is 1.